The Morgan fingerprint density at radius 1 is 1.03 bits per heavy atom. The van der Waals surface area contributed by atoms with Gasteiger partial charge in [0.2, 0.25) is 0 Å². The van der Waals surface area contributed by atoms with E-state index in [0.29, 0.717) is 6.54 Å². The first-order valence-electron chi connectivity index (χ1n) is 11.0. The third-order valence-corrected chi connectivity index (χ3v) is 6.34. The molecule has 1 aromatic rings. The van der Waals surface area contributed by atoms with Crippen LogP contribution >= 0.6 is 0 Å². The fourth-order valence-electron chi connectivity index (χ4n) is 4.81. The van der Waals surface area contributed by atoms with E-state index in [4.69, 9.17) is 4.99 Å². The highest BCUT2D eigenvalue weighted by atomic mass is 16.2. The van der Waals surface area contributed by atoms with Crippen LogP contribution in [0.15, 0.2) is 64.3 Å². The zero-order valence-electron chi connectivity index (χ0n) is 17.8. The first-order chi connectivity index (χ1) is 14.2. The van der Waals surface area contributed by atoms with Gasteiger partial charge in [-0.3, -0.25) is 9.79 Å². The third-order valence-electron chi connectivity index (χ3n) is 6.34. The van der Waals surface area contributed by atoms with Crippen LogP contribution < -0.4 is 4.90 Å². The van der Waals surface area contributed by atoms with Crippen LogP contribution in [0.1, 0.15) is 56.8 Å². The van der Waals surface area contributed by atoms with Gasteiger partial charge < -0.3 is 9.80 Å². The topological polar surface area (TPSA) is 35.9 Å². The number of fused-ring (bicyclic) bond motifs is 2. The Kier molecular flexibility index (Phi) is 5.70. The summed E-state index contributed by atoms with van der Waals surface area (Å²) in [6.07, 6.45) is 10.5. The summed E-state index contributed by atoms with van der Waals surface area (Å²) >= 11 is 0. The molecule has 4 heteroatoms. The van der Waals surface area contributed by atoms with Crippen LogP contribution in [0, 0.1) is 0 Å². The highest BCUT2D eigenvalue weighted by Crippen LogP contribution is 2.40. The number of carbonyl (C=O) groups excluding carboxylic acids is 1. The molecule has 0 spiro atoms. The Balaban J connectivity index is 1.61. The van der Waals surface area contributed by atoms with Crippen LogP contribution in [0.4, 0.5) is 5.69 Å². The molecule has 1 unspecified atom stereocenters. The van der Waals surface area contributed by atoms with Gasteiger partial charge in [-0.25, -0.2) is 0 Å². The number of allylic oxidation sites excluding steroid dienone is 4. The second-order valence-electron chi connectivity index (χ2n) is 7.82. The Morgan fingerprint density at radius 2 is 1.76 bits per heavy atom. The molecular formula is C25H31N3O. The molecule has 0 saturated carbocycles. The number of amides is 1. The second kappa shape index (κ2) is 8.40. The lowest BCUT2D eigenvalue weighted by atomic mass is 9.85. The van der Waals surface area contributed by atoms with Gasteiger partial charge in [-0.15, -0.1) is 0 Å². The molecule has 3 aliphatic rings. The van der Waals surface area contributed by atoms with Crippen LogP contribution in [0.2, 0.25) is 0 Å². The third kappa shape index (κ3) is 3.57. The fraction of sp³-hybridized carbons (Fsp3) is 0.440. The molecule has 1 atom stereocenters. The predicted octanol–water partition coefficient (Wildman–Crippen LogP) is 5.14. The molecule has 0 radical (unpaired) electrons. The lowest BCUT2D eigenvalue weighted by molar-refractivity contribution is 0.0708. The van der Waals surface area contributed by atoms with Crippen molar-refractivity contribution in [1.29, 1.82) is 0 Å². The summed E-state index contributed by atoms with van der Waals surface area (Å²) in [6, 6.07) is 8.24. The SMILES string of the molecule is CCN(CC)c1ccc(C(=O)N(CC)C2CCC=C3N=C4CC=CCC4=C32)cc1. The van der Waals surface area contributed by atoms with E-state index in [9.17, 15) is 4.79 Å². The summed E-state index contributed by atoms with van der Waals surface area (Å²) < 4.78 is 0. The van der Waals surface area contributed by atoms with Gasteiger partial charge in [0, 0.05) is 48.6 Å². The van der Waals surface area contributed by atoms with E-state index in [2.05, 4.69) is 60.9 Å². The maximum absolute atomic E-state index is 13.5. The number of benzene rings is 1. The Labute approximate surface area is 174 Å². The van der Waals surface area contributed by atoms with E-state index in [1.807, 2.05) is 12.1 Å². The molecule has 152 valence electrons. The molecule has 0 bridgehead atoms. The molecule has 1 heterocycles. The molecule has 29 heavy (non-hydrogen) atoms. The van der Waals surface area contributed by atoms with E-state index >= 15 is 0 Å². The largest absolute Gasteiger partial charge is 0.372 e. The van der Waals surface area contributed by atoms with Gasteiger partial charge in [-0.2, -0.15) is 0 Å². The normalized spacial score (nSPS) is 20.0. The van der Waals surface area contributed by atoms with E-state index in [-0.39, 0.29) is 11.9 Å². The first kappa shape index (κ1) is 19.7. The maximum atomic E-state index is 13.5. The summed E-state index contributed by atoms with van der Waals surface area (Å²) in [5, 5.41) is 0. The van der Waals surface area contributed by atoms with Gasteiger partial charge in [0.05, 0.1) is 11.7 Å². The summed E-state index contributed by atoms with van der Waals surface area (Å²) in [7, 11) is 0. The van der Waals surface area contributed by atoms with Crippen molar-refractivity contribution >= 4 is 17.3 Å². The Bertz CT molecular complexity index is 901. The first-order valence-corrected chi connectivity index (χ1v) is 11.0. The van der Waals surface area contributed by atoms with Crippen molar-refractivity contribution in [3.8, 4) is 0 Å². The minimum absolute atomic E-state index is 0.123. The zero-order valence-corrected chi connectivity index (χ0v) is 17.8. The standard InChI is InChI=1S/C25H31N3O/c1-4-27(5-2)19-16-14-18(15-17-19)25(29)28(6-3)23-13-9-12-22-24(23)20-10-7-8-11-21(20)26-22/h7-8,12,14-17,23H,4-6,9-11,13H2,1-3H3. The predicted molar refractivity (Wildman–Crippen MR) is 121 cm³/mol. The average molecular weight is 390 g/mol. The van der Waals surface area contributed by atoms with Crippen LogP contribution in [0.25, 0.3) is 0 Å². The van der Waals surface area contributed by atoms with Gasteiger partial charge in [0.15, 0.2) is 0 Å². The molecule has 0 N–H and O–H groups in total. The van der Waals surface area contributed by atoms with Crippen LogP contribution in [-0.4, -0.2) is 42.2 Å². The Hall–Kier alpha value is -2.62. The number of carbonyl (C=O) groups is 1. The molecule has 1 amide bonds. The van der Waals surface area contributed by atoms with Crippen molar-refractivity contribution in [1.82, 2.24) is 4.90 Å². The number of rotatable bonds is 6. The minimum atomic E-state index is 0.123. The van der Waals surface area contributed by atoms with E-state index in [1.54, 1.807) is 0 Å². The van der Waals surface area contributed by atoms with Crippen molar-refractivity contribution in [3.05, 3.63) is 64.9 Å². The number of hydrogen-bond donors (Lipinski definition) is 0. The van der Waals surface area contributed by atoms with Gasteiger partial charge in [0.1, 0.15) is 0 Å². The molecule has 4 rings (SSSR count). The molecule has 1 aromatic carbocycles. The molecule has 0 fully saturated rings. The summed E-state index contributed by atoms with van der Waals surface area (Å²) in [6.45, 7) is 9.04. The van der Waals surface area contributed by atoms with E-state index < -0.39 is 0 Å². The zero-order chi connectivity index (χ0) is 20.4. The van der Waals surface area contributed by atoms with Crippen molar-refractivity contribution in [2.75, 3.05) is 24.5 Å². The van der Waals surface area contributed by atoms with Crippen molar-refractivity contribution < 1.29 is 4.79 Å². The minimum Gasteiger partial charge on any atom is -0.372 e. The summed E-state index contributed by atoms with van der Waals surface area (Å²) in [4.78, 5) is 22.7. The molecule has 1 aliphatic heterocycles. The fourth-order valence-corrected chi connectivity index (χ4v) is 4.81. The van der Waals surface area contributed by atoms with Crippen LogP contribution in [-0.2, 0) is 0 Å². The molecule has 0 saturated heterocycles. The molecule has 0 aromatic heterocycles. The van der Waals surface area contributed by atoms with Gasteiger partial charge in [-0.1, -0.05) is 18.2 Å². The Morgan fingerprint density at radius 3 is 2.45 bits per heavy atom. The molecule has 2 aliphatic carbocycles. The van der Waals surface area contributed by atoms with Crippen molar-refractivity contribution in [2.24, 2.45) is 4.99 Å². The summed E-state index contributed by atoms with van der Waals surface area (Å²) in [5.74, 6) is 0.123. The number of anilines is 1. The number of nitrogens with zero attached hydrogens (tertiary/aromatic N) is 3. The highest BCUT2D eigenvalue weighted by Gasteiger charge is 2.36. The summed E-state index contributed by atoms with van der Waals surface area (Å²) in [5.41, 5.74) is 6.90. The van der Waals surface area contributed by atoms with Gasteiger partial charge >= 0.3 is 0 Å². The van der Waals surface area contributed by atoms with Gasteiger partial charge in [-0.05, 0) is 69.9 Å². The lowest BCUT2D eigenvalue weighted by Gasteiger charge is -2.35. The number of likely N-dealkylation sites (N-methyl/N-ethyl adjacent to an activating group) is 1. The van der Waals surface area contributed by atoms with Gasteiger partial charge in [0.25, 0.3) is 5.91 Å². The van der Waals surface area contributed by atoms with Crippen molar-refractivity contribution in [3.63, 3.8) is 0 Å². The van der Waals surface area contributed by atoms with Crippen molar-refractivity contribution in [2.45, 2.75) is 52.5 Å². The van der Waals surface area contributed by atoms with Crippen LogP contribution in [0.5, 0.6) is 0 Å². The van der Waals surface area contributed by atoms with E-state index in [0.717, 1.165) is 50.0 Å². The van der Waals surface area contributed by atoms with E-state index in [1.165, 1.54) is 22.5 Å². The quantitative estimate of drug-likeness (QED) is 0.631. The highest BCUT2D eigenvalue weighted by molar-refractivity contribution is 6.07. The number of hydrogen-bond acceptors (Lipinski definition) is 3. The number of aliphatic imine (C=N–C) groups is 1. The molecular weight excluding hydrogens is 358 g/mol. The lowest BCUT2D eigenvalue weighted by Crippen LogP contribution is -2.42. The maximum Gasteiger partial charge on any atom is 0.254 e. The second-order valence-corrected chi connectivity index (χ2v) is 7.82. The smallest absolute Gasteiger partial charge is 0.254 e. The molecule has 4 nitrogen and oxygen atoms in total. The monoisotopic (exact) mass is 389 g/mol. The van der Waals surface area contributed by atoms with Crippen LogP contribution in [0.3, 0.4) is 0 Å². The average Bonchev–Trinajstić information content (AvgIpc) is 3.15.